The van der Waals surface area contributed by atoms with Crippen molar-refractivity contribution in [1.82, 2.24) is 4.90 Å². The molecule has 26 heavy (non-hydrogen) atoms. The van der Waals surface area contributed by atoms with Crippen molar-refractivity contribution < 1.29 is 14.3 Å². The molecule has 2 amide bonds. The molecule has 5 nitrogen and oxygen atoms in total. The summed E-state index contributed by atoms with van der Waals surface area (Å²) in [7, 11) is 1.58. The molecule has 0 fully saturated rings. The lowest BCUT2D eigenvalue weighted by molar-refractivity contribution is -0.129. The highest BCUT2D eigenvalue weighted by molar-refractivity contribution is 9.10. The Hall–Kier alpha value is -2.60. The van der Waals surface area contributed by atoms with E-state index in [1.807, 2.05) is 49.4 Å². The number of anilines is 1. The van der Waals surface area contributed by atoms with E-state index in [1.54, 1.807) is 19.2 Å². The van der Waals surface area contributed by atoms with Gasteiger partial charge in [-0.2, -0.15) is 0 Å². The van der Waals surface area contributed by atoms with Crippen LogP contribution in [0.4, 0.5) is 5.69 Å². The zero-order valence-corrected chi connectivity index (χ0v) is 16.3. The van der Waals surface area contributed by atoms with Crippen molar-refractivity contribution >= 4 is 39.5 Å². The van der Waals surface area contributed by atoms with Gasteiger partial charge < -0.3 is 15.0 Å². The normalized spacial score (nSPS) is 10.6. The monoisotopic (exact) mass is 416 g/mol. The molecule has 0 spiro atoms. The number of hydrogen-bond acceptors (Lipinski definition) is 3. The molecule has 0 aliphatic carbocycles. The minimum Gasteiger partial charge on any atom is -0.493 e. The summed E-state index contributed by atoms with van der Waals surface area (Å²) in [6.45, 7) is 2.41. The topological polar surface area (TPSA) is 58.6 Å². The van der Waals surface area contributed by atoms with Crippen molar-refractivity contribution in [1.29, 1.82) is 0 Å². The van der Waals surface area contributed by atoms with Crippen LogP contribution in [0.5, 0.6) is 5.75 Å². The van der Waals surface area contributed by atoms with E-state index < -0.39 is 0 Å². The number of halogens is 1. The standard InChI is InChI=1S/C20H21BrN2O3/c1-3-26-18-11-7-4-8-15(18)12-13-20(25)23(2)14-19(24)22-17-10-6-5-9-16(17)21/h4-13H,3,14H2,1-2H3,(H,22,24)/b13-12+. The van der Waals surface area contributed by atoms with E-state index in [4.69, 9.17) is 4.74 Å². The Morgan fingerprint density at radius 1 is 1.15 bits per heavy atom. The maximum atomic E-state index is 12.2. The number of carbonyl (C=O) groups is 2. The molecule has 0 aliphatic rings. The van der Waals surface area contributed by atoms with Crippen molar-refractivity contribution in [3.63, 3.8) is 0 Å². The molecule has 0 bridgehead atoms. The maximum Gasteiger partial charge on any atom is 0.246 e. The second-order valence-corrected chi connectivity index (χ2v) is 6.38. The molecule has 2 aromatic carbocycles. The van der Waals surface area contributed by atoms with Gasteiger partial charge in [-0.25, -0.2) is 0 Å². The number of likely N-dealkylation sites (N-methyl/N-ethyl adjacent to an activating group) is 1. The largest absolute Gasteiger partial charge is 0.493 e. The summed E-state index contributed by atoms with van der Waals surface area (Å²) in [6.07, 6.45) is 3.12. The predicted octanol–water partition coefficient (Wildman–Crippen LogP) is 3.96. The fourth-order valence-electron chi connectivity index (χ4n) is 2.24. The number of benzene rings is 2. The molecule has 2 aromatic rings. The van der Waals surface area contributed by atoms with Gasteiger partial charge in [0.05, 0.1) is 18.8 Å². The van der Waals surface area contributed by atoms with Gasteiger partial charge in [0, 0.05) is 23.2 Å². The summed E-state index contributed by atoms with van der Waals surface area (Å²) < 4.78 is 6.31. The maximum absolute atomic E-state index is 12.2. The molecule has 0 heterocycles. The Morgan fingerprint density at radius 3 is 2.58 bits per heavy atom. The molecule has 0 saturated heterocycles. The summed E-state index contributed by atoms with van der Waals surface area (Å²) in [5, 5.41) is 2.77. The zero-order chi connectivity index (χ0) is 18.9. The lowest BCUT2D eigenvalue weighted by Crippen LogP contribution is -2.33. The van der Waals surface area contributed by atoms with Gasteiger partial charge in [-0.1, -0.05) is 30.3 Å². The molecule has 6 heteroatoms. The van der Waals surface area contributed by atoms with Crippen LogP contribution in [-0.4, -0.2) is 36.9 Å². The van der Waals surface area contributed by atoms with Crippen LogP contribution in [0.2, 0.25) is 0 Å². The van der Waals surface area contributed by atoms with E-state index in [1.165, 1.54) is 11.0 Å². The molecule has 136 valence electrons. The molecule has 1 N–H and O–H groups in total. The number of carbonyl (C=O) groups excluding carboxylic acids is 2. The second-order valence-electron chi connectivity index (χ2n) is 5.53. The number of nitrogens with one attached hydrogen (secondary N) is 1. The van der Waals surface area contributed by atoms with Crippen LogP contribution in [0.3, 0.4) is 0 Å². The van der Waals surface area contributed by atoms with Gasteiger partial charge in [0.1, 0.15) is 5.75 Å². The Balaban J connectivity index is 1.95. The SMILES string of the molecule is CCOc1ccccc1/C=C/C(=O)N(C)CC(=O)Nc1ccccc1Br. The van der Waals surface area contributed by atoms with Gasteiger partial charge in [0.15, 0.2) is 0 Å². The third-order valence-corrected chi connectivity index (χ3v) is 4.22. The van der Waals surface area contributed by atoms with Crippen molar-refractivity contribution in [2.45, 2.75) is 6.92 Å². The number of para-hydroxylation sites is 2. The number of nitrogens with zero attached hydrogens (tertiary/aromatic N) is 1. The van der Waals surface area contributed by atoms with Crippen molar-refractivity contribution in [3.8, 4) is 5.75 Å². The molecule has 0 unspecified atom stereocenters. The van der Waals surface area contributed by atoms with Gasteiger partial charge >= 0.3 is 0 Å². The van der Waals surface area contributed by atoms with Crippen molar-refractivity contribution in [2.75, 3.05) is 25.5 Å². The van der Waals surface area contributed by atoms with Crippen LogP contribution in [0, 0.1) is 0 Å². The number of rotatable bonds is 7. The molecule has 0 aliphatic heterocycles. The first kappa shape index (κ1) is 19.7. The lowest BCUT2D eigenvalue weighted by Gasteiger charge is -2.15. The Morgan fingerprint density at radius 2 is 1.85 bits per heavy atom. The Bertz CT molecular complexity index is 805. The molecule has 0 aromatic heterocycles. The van der Waals surface area contributed by atoms with Gasteiger partial charge in [-0.15, -0.1) is 0 Å². The third-order valence-electron chi connectivity index (χ3n) is 3.53. The highest BCUT2D eigenvalue weighted by Gasteiger charge is 2.12. The summed E-state index contributed by atoms with van der Waals surface area (Å²) in [4.78, 5) is 25.7. The highest BCUT2D eigenvalue weighted by atomic mass is 79.9. The smallest absolute Gasteiger partial charge is 0.246 e. The zero-order valence-electron chi connectivity index (χ0n) is 14.7. The molecule has 2 rings (SSSR count). The second kappa shape index (κ2) is 9.77. The number of amides is 2. The molecule has 0 saturated carbocycles. The quantitative estimate of drug-likeness (QED) is 0.694. The van der Waals surface area contributed by atoms with E-state index in [-0.39, 0.29) is 18.4 Å². The van der Waals surface area contributed by atoms with Crippen molar-refractivity contribution in [3.05, 3.63) is 64.6 Å². The van der Waals surface area contributed by atoms with Crippen LogP contribution in [0.15, 0.2) is 59.1 Å². The number of hydrogen-bond donors (Lipinski definition) is 1. The van der Waals surface area contributed by atoms with E-state index in [2.05, 4.69) is 21.2 Å². The first-order chi connectivity index (χ1) is 12.5. The summed E-state index contributed by atoms with van der Waals surface area (Å²) in [6, 6.07) is 14.8. The highest BCUT2D eigenvalue weighted by Crippen LogP contribution is 2.21. The van der Waals surface area contributed by atoms with E-state index in [9.17, 15) is 9.59 Å². The third kappa shape index (κ3) is 5.74. The average Bonchev–Trinajstić information content (AvgIpc) is 2.62. The van der Waals surface area contributed by atoms with Crippen molar-refractivity contribution in [2.24, 2.45) is 0 Å². The molecule has 0 radical (unpaired) electrons. The molecular weight excluding hydrogens is 396 g/mol. The number of ether oxygens (including phenoxy) is 1. The van der Waals surface area contributed by atoms with E-state index in [0.29, 0.717) is 18.0 Å². The van der Waals surface area contributed by atoms with Crippen LogP contribution in [-0.2, 0) is 9.59 Å². The van der Waals surface area contributed by atoms with Gasteiger partial charge in [0.2, 0.25) is 11.8 Å². The Kier molecular flexibility index (Phi) is 7.41. The van der Waals surface area contributed by atoms with Crippen LogP contribution < -0.4 is 10.1 Å². The first-order valence-corrected chi connectivity index (χ1v) is 9.00. The first-order valence-electron chi connectivity index (χ1n) is 8.20. The molecular formula is C20H21BrN2O3. The summed E-state index contributed by atoms with van der Waals surface area (Å²) in [5.41, 5.74) is 1.48. The fourth-order valence-corrected chi connectivity index (χ4v) is 2.62. The fraction of sp³-hybridized carbons (Fsp3) is 0.200. The van der Waals surface area contributed by atoms with E-state index >= 15 is 0 Å². The molecule has 0 atom stereocenters. The average molecular weight is 417 g/mol. The summed E-state index contributed by atoms with van der Waals surface area (Å²) in [5.74, 6) is 0.183. The lowest BCUT2D eigenvalue weighted by atomic mass is 10.2. The predicted molar refractivity (Wildman–Crippen MR) is 107 cm³/mol. The van der Waals surface area contributed by atoms with Gasteiger partial charge in [-0.3, -0.25) is 9.59 Å². The van der Waals surface area contributed by atoms with E-state index in [0.717, 1.165) is 10.0 Å². The van der Waals surface area contributed by atoms with Crippen LogP contribution in [0.1, 0.15) is 12.5 Å². The summed E-state index contributed by atoms with van der Waals surface area (Å²) >= 11 is 3.37. The van der Waals surface area contributed by atoms with Crippen LogP contribution >= 0.6 is 15.9 Å². The van der Waals surface area contributed by atoms with Gasteiger partial charge in [-0.05, 0) is 47.1 Å². The Labute approximate surface area is 161 Å². The minimum absolute atomic E-state index is 0.0440. The van der Waals surface area contributed by atoms with Crippen LogP contribution in [0.25, 0.3) is 6.08 Å². The van der Waals surface area contributed by atoms with Gasteiger partial charge in [0.25, 0.3) is 0 Å². The minimum atomic E-state index is -0.268.